The van der Waals surface area contributed by atoms with Gasteiger partial charge in [-0.1, -0.05) is 66.7 Å². The Labute approximate surface area is 128 Å². The molecule has 1 rings (SSSR count). The topological polar surface area (TPSA) is 9.23 Å². The van der Waals surface area contributed by atoms with E-state index in [1.54, 1.807) is 7.11 Å². The average Bonchev–Trinajstić information content (AvgIpc) is 2.38. The highest BCUT2D eigenvalue weighted by Gasteiger charge is 2.20. The van der Waals surface area contributed by atoms with Crippen molar-refractivity contribution in [3.8, 4) is 0 Å². The first-order valence-electron chi connectivity index (χ1n) is 8.62. The van der Waals surface area contributed by atoms with Crippen molar-refractivity contribution in [2.45, 2.75) is 99.0 Å². The molecule has 0 bridgehead atoms. The predicted octanol–water partition coefficient (Wildman–Crippen LogP) is 6.46. The van der Waals surface area contributed by atoms with Crippen molar-refractivity contribution in [3.63, 3.8) is 0 Å². The first-order chi connectivity index (χ1) is 9.07. The van der Waals surface area contributed by atoms with Crippen molar-refractivity contribution >= 4 is 0 Å². The van der Waals surface area contributed by atoms with Crippen molar-refractivity contribution in [2.24, 2.45) is 17.3 Å². The van der Waals surface area contributed by atoms with Gasteiger partial charge in [-0.25, -0.2) is 0 Å². The number of ether oxygens (including phenoxy) is 1. The minimum absolute atomic E-state index is 0.0489. The minimum atomic E-state index is 0.0489. The number of hydrogen-bond acceptors (Lipinski definition) is 1. The van der Waals surface area contributed by atoms with Gasteiger partial charge in [0.1, 0.15) is 0 Å². The quantitative estimate of drug-likeness (QED) is 0.575. The molecule has 0 aromatic carbocycles. The van der Waals surface area contributed by atoms with Crippen molar-refractivity contribution < 1.29 is 4.74 Å². The third kappa shape index (κ3) is 10.7. The Bertz CT molecular complexity index is 229. The Balaban J connectivity index is 0.000000367. The third-order valence-electron chi connectivity index (χ3n) is 4.62. The zero-order valence-corrected chi connectivity index (χ0v) is 15.5. The SMILES string of the molecule is CC(C)C1CCCCC1.COC(C)(C)CCC(C)(C)C. The van der Waals surface area contributed by atoms with E-state index in [0.29, 0.717) is 5.41 Å². The lowest BCUT2D eigenvalue weighted by molar-refractivity contribution is 0.00697. The van der Waals surface area contributed by atoms with Crippen LogP contribution < -0.4 is 0 Å². The van der Waals surface area contributed by atoms with E-state index in [0.717, 1.165) is 18.3 Å². The van der Waals surface area contributed by atoms with Crippen LogP contribution in [0.5, 0.6) is 0 Å². The van der Waals surface area contributed by atoms with Gasteiger partial charge in [0.2, 0.25) is 0 Å². The summed E-state index contributed by atoms with van der Waals surface area (Å²) in [6.07, 6.45) is 9.81. The van der Waals surface area contributed by atoms with Gasteiger partial charge in [-0.2, -0.15) is 0 Å². The molecule has 0 aliphatic heterocycles. The molecule has 0 unspecified atom stereocenters. The monoisotopic (exact) mass is 284 g/mol. The van der Waals surface area contributed by atoms with Crippen LogP contribution in [0, 0.1) is 17.3 Å². The zero-order valence-electron chi connectivity index (χ0n) is 15.5. The summed E-state index contributed by atoms with van der Waals surface area (Å²) in [4.78, 5) is 0. The Kier molecular flexibility index (Phi) is 9.06. The second kappa shape index (κ2) is 9.07. The molecule has 0 atom stereocenters. The normalized spacial score (nSPS) is 17.9. The Morgan fingerprint density at radius 2 is 1.40 bits per heavy atom. The van der Waals surface area contributed by atoms with E-state index in [2.05, 4.69) is 48.5 Å². The lowest BCUT2D eigenvalue weighted by Crippen LogP contribution is -2.24. The van der Waals surface area contributed by atoms with Crippen LogP contribution in [0.2, 0.25) is 0 Å². The van der Waals surface area contributed by atoms with Crippen LogP contribution in [0.25, 0.3) is 0 Å². The maximum absolute atomic E-state index is 5.33. The molecule has 1 nitrogen and oxygen atoms in total. The smallest absolute Gasteiger partial charge is 0.0623 e. The molecule has 0 spiro atoms. The molecule has 20 heavy (non-hydrogen) atoms. The number of methoxy groups -OCH3 is 1. The lowest BCUT2D eigenvalue weighted by Gasteiger charge is -2.27. The molecule has 1 heteroatoms. The van der Waals surface area contributed by atoms with Crippen molar-refractivity contribution in [2.75, 3.05) is 7.11 Å². The van der Waals surface area contributed by atoms with Crippen molar-refractivity contribution in [3.05, 3.63) is 0 Å². The van der Waals surface area contributed by atoms with Crippen molar-refractivity contribution in [1.82, 2.24) is 0 Å². The molecular formula is C19H40O. The molecule has 1 saturated carbocycles. The number of hydrogen-bond donors (Lipinski definition) is 0. The van der Waals surface area contributed by atoms with Gasteiger partial charge in [-0.3, -0.25) is 0 Å². The molecule has 122 valence electrons. The molecule has 0 amide bonds. The molecule has 1 aliphatic rings. The fourth-order valence-electron chi connectivity index (χ4n) is 2.58. The van der Waals surface area contributed by atoms with E-state index in [1.165, 1.54) is 38.5 Å². The lowest BCUT2D eigenvalue weighted by atomic mass is 9.82. The van der Waals surface area contributed by atoms with E-state index in [1.807, 2.05) is 0 Å². The highest BCUT2D eigenvalue weighted by molar-refractivity contribution is 4.72. The highest BCUT2D eigenvalue weighted by atomic mass is 16.5. The summed E-state index contributed by atoms with van der Waals surface area (Å²) in [5.41, 5.74) is 0.475. The molecule has 1 aliphatic carbocycles. The Morgan fingerprint density at radius 1 is 0.900 bits per heavy atom. The summed E-state index contributed by atoms with van der Waals surface area (Å²) < 4.78 is 5.33. The predicted molar refractivity (Wildman–Crippen MR) is 91.2 cm³/mol. The van der Waals surface area contributed by atoms with Gasteiger partial charge in [0.25, 0.3) is 0 Å². The van der Waals surface area contributed by atoms with Crippen LogP contribution in [-0.4, -0.2) is 12.7 Å². The number of rotatable bonds is 4. The van der Waals surface area contributed by atoms with Gasteiger partial charge in [-0.15, -0.1) is 0 Å². The van der Waals surface area contributed by atoms with Gasteiger partial charge in [-0.05, 0) is 43.9 Å². The second-order valence-corrected chi connectivity index (χ2v) is 8.67. The minimum Gasteiger partial charge on any atom is -0.379 e. The van der Waals surface area contributed by atoms with Crippen LogP contribution in [-0.2, 0) is 4.74 Å². The Hall–Kier alpha value is -0.0400. The summed E-state index contributed by atoms with van der Waals surface area (Å²) >= 11 is 0. The van der Waals surface area contributed by atoms with Crippen LogP contribution in [0.3, 0.4) is 0 Å². The molecule has 0 radical (unpaired) electrons. The third-order valence-corrected chi connectivity index (χ3v) is 4.62. The summed E-state index contributed by atoms with van der Waals surface area (Å²) in [5, 5.41) is 0. The first kappa shape index (κ1) is 20.0. The van der Waals surface area contributed by atoms with E-state index in [-0.39, 0.29) is 5.60 Å². The average molecular weight is 285 g/mol. The van der Waals surface area contributed by atoms with Gasteiger partial charge < -0.3 is 4.74 Å². The standard InChI is InChI=1S/C10H22O.C9H18/c1-9(2,3)7-8-10(4,5)11-6;1-8(2)9-6-4-3-5-7-9/h7-8H2,1-6H3;8-9H,3-7H2,1-2H3. The van der Waals surface area contributed by atoms with Crippen molar-refractivity contribution in [1.29, 1.82) is 0 Å². The van der Waals surface area contributed by atoms with E-state index in [9.17, 15) is 0 Å². The first-order valence-corrected chi connectivity index (χ1v) is 8.62. The highest BCUT2D eigenvalue weighted by Crippen LogP contribution is 2.29. The fraction of sp³-hybridized carbons (Fsp3) is 1.00. The summed E-state index contributed by atoms with van der Waals surface area (Å²) in [6, 6.07) is 0. The van der Waals surface area contributed by atoms with E-state index < -0.39 is 0 Å². The van der Waals surface area contributed by atoms with Crippen LogP contribution in [0.15, 0.2) is 0 Å². The van der Waals surface area contributed by atoms with Crippen LogP contribution in [0.4, 0.5) is 0 Å². The van der Waals surface area contributed by atoms with Crippen LogP contribution >= 0.6 is 0 Å². The molecule has 0 N–H and O–H groups in total. The molecular weight excluding hydrogens is 244 g/mol. The van der Waals surface area contributed by atoms with E-state index in [4.69, 9.17) is 4.74 Å². The summed E-state index contributed by atoms with van der Waals surface area (Å²) in [6.45, 7) is 15.8. The molecule has 0 heterocycles. The largest absolute Gasteiger partial charge is 0.379 e. The molecule has 0 saturated heterocycles. The van der Waals surface area contributed by atoms with Gasteiger partial charge in [0, 0.05) is 7.11 Å². The summed E-state index contributed by atoms with van der Waals surface area (Å²) in [7, 11) is 1.78. The van der Waals surface area contributed by atoms with Gasteiger partial charge in [0.15, 0.2) is 0 Å². The van der Waals surface area contributed by atoms with Crippen LogP contribution in [0.1, 0.15) is 93.4 Å². The second-order valence-electron chi connectivity index (χ2n) is 8.67. The van der Waals surface area contributed by atoms with Gasteiger partial charge >= 0.3 is 0 Å². The zero-order chi connectivity index (χ0) is 15.8. The van der Waals surface area contributed by atoms with E-state index >= 15 is 0 Å². The summed E-state index contributed by atoms with van der Waals surface area (Å²) in [5.74, 6) is 1.99. The molecule has 0 aromatic heterocycles. The maximum Gasteiger partial charge on any atom is 0.0623 e. The Morgan fingerprint density at radius 3 is 1.70 bits per heavy atom. The molecule has 1 fully saturated rings. The molecule has 0 aromatic rings. The fourth-order valence-corrected chi connectivity index (χ4v) is 2.58. The maximum atomic E-state index is 5.33. The van der Waals surface area contributed by atoms with Gasteiger partial charge in [0.05, 0.1) is 5.60 Å².